The van der Waals surface area contributed by atoms with E-state index in [-0.39, 0.29) is 0 Å². The number of rotatable bonds is 2. The highest BCUT2D eigenvalue weighted by Crippen LogP contribution is 2.40. The monoisotopic (exact) mass is 345 g/mol. The Morgan fingerprint density at radius 2 is 1.88 bits per heavy atom. The number of benzene rings is 1. The highest BCUT2D eigenvalue weighted by Gasteiger charge is 2.31. The molecule has 2 atom stereocenters. The summed E-state index contributed by atoms with van der Waals surface area (Å²) < 4.78 is 2.43. The molecule has 4 rings (SSSR count). The van der Waals surface area contributed by atoms with Gasteiger partial charge >= 0.3 is 0 Å². The van der Waals surface area contributed by atoms with E-state index in [9.17, 15) is 0 Å². The summed E-state index contributed by atoms with van der Waals surface area (Å²) in [6.07, 6.45) is 7.09. The zero-order chi connectivity index (χ0) is 18.4. The van der Waals surface area contributed by atoms with Crippen LogP contribution in [-0.4, -0.2) is 27.5 Å². The second-order valence-corrected chi connectivity index (χ2v) is 7.69. The normalized spacial score (nSPS) is 21.2. The molecule has 3 heteroatoms. The van der Waals surface area contributed by atoms with E-state index >= 15 is 0 Å². The summed E-state index contributed by atoms with van der Waals surface area (Å²) in [4.78, 5) is 6.64. The molecule has 0 fully saturated rings. The van der Waals surface area contributed by atoms with Crippen LogP contribution in [0.4, 0.5) is 0 Å². The van der Waals surface area contributed by atoms with Crippen molar-refractivity contribution in [3.8, 4) is 0 Å². The minimum Gasteiger partial charge on any atom is -0.320 e. The maximum Gasteiger partial charge on any atom is 0.0529 e. The second-order valence-electron chi connectivity index (χ2n) is 7.69. The van der Waals surface area contributed by atoms with E-state index in [0.717, 1.165) is 6.42 Å². The topological polar surface area (TPSA) is 21.1 Å². The van der Waals surface area contributed by atoms with E-state index in [2.05, 4.69) is 85.7 Å². The van der Waals surface area contributed by atoms with Gasteiger partial charge in [0.25, 0.3) is 0 Å². The van der Waals surface area contributed by atoms with Gasteiger partial charge in [-0.15, -0.1) is 0 Å². The largest absolute Gasteiger partial charge is 0.320 e. The molecule has 0 amide bonds. The zero-order valence-electron chi connectivity index (χ0n) is 16.3. The Kier molecular flexibility index (Phi) is 4.20. The molecule has 0 aliphatic carbocycles. The number of nitrogens with zero attached hydrogens (tertiary/aromatic N) is 3. The lowest BCUT2D eigenvalue weighted by atomic mass is 9.93. The molecule has 26 heavy (non-hydrogen) atoms. The molecule has 3 heterocycles. The highest BCUT2D eigenvalue weighted by atomic mass is 15.2. The lowest BCUT2D eigenvalue weighted by molar-refractivity contribution is 0.179. The number of aryl methyl sites for hydroxylation is 1. The molecule has 1 aliphatic heterocycles. The summed E-state index contributed by atoms with van der Waals surface area (Å²) in [6, 6.07) is 12.0. The lowest BCUT2D eigenvalue weighted by Gasteiger charge is -2.36. The van der Waals surface area contributed by atoms with Gasteiger partial charge in [-0.2, -0.15) is 0 Å². The third kappa shape index (κ3) is 2.67. The molecule has 0 N–H and O–H groups in total. The van der Waals surface area contributed by atoms with Crippen LogP contribution in [0.1, 0.15) is 49.2 Å². The second kappa shape index (κ2) is 6.40. The Morgan fingerprint density at radius 1 is 1.15 bits per heavy atom. The van der Waals surface area contributed by atoms with Crippen molar-refractivity contribution < 1.29 is 0 Å². The minimum absolute atomic E-state index is 0.425. The summed E-state index contributed by atoms with van der Waals surface area (Å²) in [5.41, 5.74) is 8.05. The van der Waals surface area contributed by atoms with Crippen LogP contribution in [0.25, 0.3) is 22.7 Å². The number of hydrogen-bond donors (Lipinski definition) is 0. The highest BCUT2D eigenvalue weighted by molar-refractivity contribution is 5.91. The van der Waals surface area contributed by atoms with E-state index in [4.69, 9.17) is 0 Å². The number of likely N-dealkylation sites (N-methyl/N-ethyl adjacent to an activating group) is 1. The lowest BCUT2D eigenvalue weighted by Crippen LogP contribution is -2.38. The van der Waals surface area contributed by atoms with Crippen molar-refractivity contribution in [3.05, 3.63) is 65.1 Å². The van der Waals surface area contributed by atoms with Crippen molar-refractivity contribution in [2.45, 2.75) is 46.2 Å². The van der Waals surface area contributed by atoms with Gasteiger partial charge in [0.05, 0.1) is 5.52 Å². The fourth-order valence-corrected chi connectivity index (χ4v) is 4.22. The van der Waals surface area contributed by atoms with Crippen LogP contribution in [0.5, 0.6) is 0 Å². The summed E-state index contributed by atoms with van der Waals surface area (Å²) in [6.45, 7) is 9.02. The summed E-state index contributed by atoms with van der Waals surface area (Å²) in [7, 11) is 2.25. The van der Waals surface area contributed by atoms with Crippen molar-refractivity contribution in [1.82, 2.24) is 14.5 Å². The third-order valence-corrected chi connectivity index (χ3v) is 5.97. The van der Waals surface area contributed by atoms with Crippen molar-refractivity contribution in [2.24, 2.45) is 0 Å². The molecule has 1 aliphatic rings. The molecule has 134 valence electrons. The first-order chi connectivity index (χ1) is 12.5. The van der Waals surface area contributed by atoms with Gasteiger partial charge in [0.1, 0.15) is 0 Å². The van der Waals surface area contributed by atoms with E-state index in [0.29, 0.717) is 12.1 Å². The molecule has 2 aromatic heterocycles. The predicted octanol–water partition coefficient (Wildman–Crippen LogP) is 5.30. The van der Waals surface area contributed by atoms with Gasteiger partial charge in [0.2, 0.25) is 0 Å². The van der Waals surface area contributed by atoms with Crippen molar-refractivity contribution >= 4 is 22.7 Å². The van der Waals surface area contributed by atoms with Crippen molar-refractivity contribution in [1.29, 1.82) is 0 Å². The van der Waals surface area contributed by atoms with Gasteiger partial charge < -0.3 is 4.57 Å². The smallest absolute Gasteiger partial charge is 0.0529 e. The Balaban J connectivity index is 1.97. The number of allylic oxidation sites excluding steroid dienone is 1. The molecule has 3 aromatic rings. The van der Waals surface area contributed by atoms with Crippen LogP contribution >= 0.6 is 0 Å². The Labute approximate surface area is 156 Å². The molecule has 2 unspecified atom stereocenters. The Hall–Kier alpha value is -2.39. The van der Waals surface area contributed by atoms with Gasteiger partial charge in [-0.1, -0.05) is 11.6 Å². The van der Waals surface area contributed by atoms with E-state index in [1.807, 2.05) is 12.4 Å². The van der Waals surface area contributed by atoms with E-state index in [1.165, 1.54) is 38.9 Å². The van der Waals surface area contributed by atoms with Gasteiger partial charge in [0, 0.05) is 48.2 Å². The number of fused-ring (bicyclic) bond motifs is 3. The Morgan fingerprint density at radius 3 is 2.62 bits per heavy atom. The van der Waals surface area contributed by atoms with Crippen LogP contribution in [0.3, 0.4) is 0 Å². The first-order valence-corrected chi connectivity index (χ1v) is 9.41. The van der Waals surface area contributed by atoms with Gasteiger partial charge in [0.15, 0.2) is 0 Å². The molecule has 0 saturated carbocycles. The average Bonchev–Trinajstić information content (AvgIpc) is 2.93. The summed E-state index contributed by atoms with van der Waals surface area (Å²) in [5, 5.41) is 1.39. The maximum absolute atomic E-state index is 4.14. The van der Waals surface area contributed by atoms with Gasteiger partial charge in [-0.05, 0) is 75.7 Å². The van der Waals surface area contributed by atoms with Crippen LogP contribution < -0.4 is 0 Å². The molecule has 3 nitrogen and oxygen atoms in total. The first-order valence-electron chi connectivity index (χ1n) is 9.41. The first kappa shape index (κ1) is 17.0. The fourth-order valence-electron chi connectivity index (χ4n) is 4.22. The maximum atomic E-state index is 4.14. The van der Waals surface area contributed by atoms with E-state index in [1.54, 1.807) is 0 Å². The number of pyridine rings is 1. The van der Waals surface area contributed by atoms with Crippen LogP contribution in [0, 0.1) is 6.92 Å². The third-order valence-electron chi connectivity index (χ3n) is 5.97. The minimum atomic E-state index is 0.425. The Bertz CT molecular complexity index is 982. The van der Waals surface area contributed by atoms with Gasteiger partial charge in [-0.25, -0.2) is 0 Å². The SMILES string of the molecule is CC(=Cn1c2c(c3cc(C)ccc31)C(C)N(C)C(C)C2)c1ccncc1. The predicted molar refractivity (Wildman–Crippen MR) is 110 cm³/mol. The van der Waals surface area contributed by atoms with Crippen molar-refractivity contribution in [3.63, 3.8) is 0 Å². The molecule has 0 saturated heterocycles. The average molecular weight is 345 g/mol. The van der Waals surface area contributed by atoms with E-state index < -0.39 is 0 Å². The number of hydrogen-bond acceptors (Lipinski definition) is 2. The van der Waals surface area contributed by atoms with Crippen LogP contribution in [0.15, 0.2) is 42.7 Å². The molecular weight excluding hydrogens is 318 g/mol. The van der Waals surface area contributed by atoms with Crippen molar-refractivity contribution in [2.75, 3.05) is 7.05 Å². The quantitative estimate of drug-likeness (QED) is 0.628. The molecule has 1 aromatic carbocycles. The molecular formula is C23H27N3. The molecule has 0 bridgehead atoms. The summed E-state index contributed by atoms with van der Waals surface area (Å²) in [5.74, 6) is 0. The number of aromatic nitrogens is 2. The zero-order valence-corrected chi connectivity index (χ0v) is 16.3. The molecule has 0 spiro atoms. The molecule has 0 radical (unpaired) electrons. The fraction of sp³-hybridized carbons (Fsp3) is 0.348. The summed E-state index contributed by atoms with van der Waals surface area (Å²) >= 11 is 0. The standard InChI is InChI=1S/C23H27N3/c1-15-6-7-21-20(12-15)23-18(4)25(5)17(3)13-22(23)26(21)14-16(2)19-8-10-24-11-9-19/h6-12,14,17-18H,13H2,1-5H3. The van der Waals surface area contributed by atoms with Gasteiger partial charge in [-0.3, -0.25) is 9.88 Å². The van der Waals surface area contributed by atoms with Crippen LogP contribution in [0.2, 0.25) is 0 Å². The van der Waals surface area contributed by atoms with Crippen LogP contribution in [-0.2, 0) is 6.42 Å².